The summed E-state index contributed by atoms with van der Waals surface area (Å²) in [5.74, 6) is -7.04. The predicted molar refractivity (Wildman–Crippen MR) is 52.0 cm³/mol. The van der Waals surface area contributed by atoms with E-state index in [2.05, 4.69) is 9.47 Å². The maximum atomic E-state index is 13.2. The molecule has 0 aliphatic heterocycles. The third-order valence-corrected chi connectivity index (χ3v) is 1.83. The highest BCUT2D eigenvalue weighted by Gasteiger charge is 2.43. The number of hydrogen-bond acceptors (Lipinski definition) is 4. The standard InChI is InChI=1S/C10H16F2O4/c1-4-15-8(13)7(3)6-10(11,12)9(14)16-5-2/h7H,4-6H2,1-3H3. The molecular weight excluding hydrogens is 222 g/mol. The van der Waals surface area contributed by atoms with Crippen molar-refractivity contribution in [1.29, 1.82) is 0 Å². The van der Waals surface area contributed by atoms with Crippen LogP contribution in [0.15, 0.2) is 0 Å². The van der Waals surface area contributed by atoms with Gasteiger partial charge in [-0.15, -0.1) is 0 Å². The van der Waals surface area contributed by atoms with Gasteiger partial charge in [0.05, 0.1) is 19.1 Å². The number of carbonyl (C=O) groups excluding carboxylic acids is 2. The van der Waals surface area contributed by atoms with Crippen LogP contribution in [0.1, 0.15) is 27.2 Å². The molecule has 0 spiro atoms. The fourth-order valence-corrected chi connectivity index (χ4v) is 1.07. The highest BCUT2D eigenvalue weighted by atomic mass is 19.3. The number of halogens is 2. The van der Waals surface area contributed by atoms with Gasteiger partial charge < -0.3 is 9.47 Å². The fourth-order valence-electron chi connectivity index (χ4n) is 1.07. The smallest absolute Gasteiger partial charge is 0.376 e. The van der Waals surface area contributed by atoms with Gasteiger partial charge in [0.15, 0.2) is 0 Å². The molecule has 0 N–H and O–H groups in total. The molecule has 0 saturated heterocycles. The van der Waals surface area contributed by atoms with Gasteiger partial charge in [0.2, 0.25) is 0 Å². The van der Waals surface area contributed by atoms with Crippen molar-refractivity contribution in [1.82, 2.24) is 0 Å². The first-order chi connectivity index (χ1) is 7.35. The Bertz CT molecular complexity index is 253. The second-order valence-corrected chi connectivity index (χ2v) is 3.28. The van der Waals surface area contributed by atoms with E-state index in [0.29, 0.717) is 0 Å². The van der Waals surface area contributed by atoms with Gasteiger partial charge in [0, 0.05) is 6.42 Å². The van der Waals surface area contributed by atoms with Crippen LogP contribution in [0.3, 0.4) is 0 Å². The van der Waals surface area contributed by atoms with Crippen LogP contribution in [-0.4, -0.2) is 31.1 Å². The summed E-state index contributed by atoms with van der Waals surface area (Å²) in [6, 6.07) is 0. The lowest BCUT2D eigenvalue weighted by molar-refractivity contribution is -0.175. The maximum absolute atomic E-state index is 13.2. The first-order valence-electron chi connectivity index (χ1n) is 5.06. The van der Waals surface area contributed by atoms with E-state index < -0.39 is 30.2 Å². The number of hydrogen-bond donors (Lipinski definition) is 0. The molecule has 0 rings (SSSR count). The first-order valence-corrected chi connectivity index (χ1v) is 5.06. The van der Waals surface area contributed by atoms with Crippen molar-refractivity contribution in [3.63, 3.8) is 0 Å². The molecule has 0 aliphatic carbocycles. The number of esters is 2. The lowest BCUT2D eigenvalue weighted by Crippen LogP contribution is -2.34. The molecule has 0 amide bonds. The van der Waals surface area contributed by atoms with Gasteiger partial charge in [-0.25, -0.2) is 4.79 Å². The van der Waals surface area contributed by atoms with Crippen molar-refractivity contribution in [3.8, 4) is 0 Å². The summed E-state index contributed by atoms with van der Waals surface area (Å²) >= 11 is 0. The predicted octanol–water partition coefficient (Wildman–Crippen LogP) is 1.77. The summed E-state index contributed by atoms with van der Waals surface area (Å²) in [5, 5.41) is 0. The van der Waals surface area contributed by atoms with Crippen molar-refractivity contribution in [2.75, 3.05) is 13.2 Å². The van der Waals surface area contributed by atoms with E-state index in [9.17, 15) is 18.4 Å². The van der Waals surface area contributed by atoms with Crippen molar-refractivity contribution >= 4 is 11.9 Å². The molecule has 0 aromatic heterocycles. The van der Waals surface area contributed by atoms with Crippen molar-refractivity contribution in [2.45, 2.75) is 33.1 Å². The normalized spacial score (nSPS) is 13.1. The Balaban J connectivity index is 4.34. The largest absolute Gasteiger partial charge is 0.466 e. The Kier molecular flexibility index (Phi) is 5.92. The summed E-state index contributed by atoms with van der Waals surface area (Å²) in [4.78, 5) is 21.9. The fraction of sp³-hybridized carbons (Fsp3) is 0.800. The molecule has 0 aliphatic rings. The Morgan fingerprint density at radius 3 is 2.12 bits per heavy atom. The van der Waals surface area contributed by atoms with Crippen LogP contribution in [0.2, 0.25) is 0 Å². The average molecular weight is 238 g/mol. The lowest BCUT2D eigenvalue weighted by Gasteiger charge is -2.17. The monoisotopic (exact) mass is 238 g/mol. The van der Waals surface area contributed by atoms with E-state index in [-0.39, 0.29) is 13.2 Å². The average Bonchev–Trinajstić information content (AvgIpc) is 2.17. The van der Waals surface area contributed by atoms with E-state index in [1.807, 2.05) is 0 Å². The van der Waals surface area contributed by atoms with Crippen LogP contribution in [0.5, 0.6) is 0 Å². The Hall–Kier alpha value is -1.20. The summed E-state index contributed by atoms with van der Waals surface area (Å²) < 4.78 is 35.1. The molecule has 0 radical (unpaired) electrons. The van der Waals surface area contributed by atoms with Crippen molar-refractivity contribution in [3.05, 3.63) is 0 Å². The van der Waals surface area contributed by atoms with Gasteiger partial charge in [-0.1, -0.05) is 6.92 Å². The van der Waals surface area contributed by atoms with E-state index in [1.165, 1.54) is 13.8 Å². The van der Waals surface area contributed by atoms with Crippen LogP contribution >= 0.6 is 0 Å². The van der Waals surface area contributed by atoms with E-state index in [4.69, 9.17) is 0 Å². The SMILES string of the molecule is CCOC(=O)C(C)CC(F)(F)C(=O)OCC. The van der Waals surface area contributed by atoms with Crippen LogP contribution in [0, 0.1) is 5.92 Å². The van der Waals surface area contributed by atoms with Crippen LogP contribution < -0.4 is 0 Å². The van der Waals surface area contributed by atoms with Crippen molar-refractivity contribution < 1.29 is 27.8 Å². The van der Waals surface area contributed by atoms with Gasteiger partial charge >= 0.3 is 17.9 Å². The topological polar surface area (TPSA) is 52.6 Å². The van der Waals surface area contributed by atoms with Gasteiger partial charge in [-0.3, -0.25) is 4.79 Å². The molecule has 94 valence electrons. The molecule has 16 heavy (non-hydrogen) atoms. The van der Waals surface area contributed by atoms with E-state index in [0.717, 1.165) is 0 Å². The highest BCUT2D eigenvalue weighted by Crippen LogP contribution is 2.25. The zero-order chi connectivity index (χ0) is 12.8. The van der Waals surface area contributed by atoms with E-state index >= 15 is 0 Å². The summed E-state index contributed by atoms with van der Waals surface area (Å²) in [6.45, 7) is 4.29. The second-order valence-electron chi connectivity index (χ2n) is 3.28. The maximum Gasteiger partial charge on any atom is 0.376 e. The Morgan fingerprint density at radius 1 is 1.19 bits per heavy atom. The van der Waals surface area contributed by atoms with Crippen LogP contribution in [0.4, 0.5) is 8.78 Å². The Labute approximate surface area is 92.9 Å². The van der Waals surface area contributed by atoms with Gasteiger partial charge in [0.1, 0.15) is 0 Å². The van der Waals surface area contributed by atoms with Gasteiger partial charge in [0.25, 0.3) is 0 Å². The molecule has 1 atom stereocenters. The summed E-state index contributed by atoms with van der Waals surface area (Å²) in [6.07, 6.45) is -0.898. The third kappa shape index (κ3) is 4.55. The van der Waals surface area contributed by atoms with Crippen molar-refractivity contribution in [2.24, 2.45) is 5.92 Å². The van der Waals surface area contributed by atoms with Gasteiger partial charge in [-0.05, 0) is 13.8 Å². The molecule has 0 fully saturated rings. The molecule has 0 aromatic carbocycles. The molecule has 0 bridgehead atoms. The number of rotatable bonds is 6. The first kappa shape index (κ1) is 14.8. The van der Waals surface area contributed by atoms with Crippen LogP contribution in [-0.2, 0) is 19.1 Å². The third-order valence-electron chi connectivity index (χ3n) is 1.83. The number of alkyl halides is 2. The van der Waals surface area contributed by atoms with E-state index in [1.54, 1.807) is 6.92 Å². The second kappa shape index (κ2) is 6.40. The van der Waals surface area contributed by atoms with Crippen LogP contribution in [0.25, 0.3) is 0 Å². The highest BCUT2D eigenvalue weighted by molar-refractivity contribution is 5.79. The molecule has 0 heterocycles. The zero-order valence-corrected chi connectivity index (χ0v) is 9.59. The number of carbonyl (C=O) groups is 2. The molecule has 0 saturated carbocycles. The Morgan fingerprint density at radius 2 is 1.69 bits per heavy atom. The molecule has 6 heteroatoms. The zero-order valence-electron chi connectivity index (χ0n) is 9.59. The molecule has 1 unspecified atom stereocenters. The minimum atomic E-state index is -3.65. The minimum Gasteiger partial charge on any atom is -0.466 e. The number of ether oxygens (including phenoxy) is 2. The minimum absolute atomic E-state index is 0.119. The molecular formula is C10H16F2O4. The van der Waals surface area contributed by atoms with Gasteiger partial charge in [-0.2, -0.15) is 8.78 Å². The summed E-state index contributed by atoms with van der Waals surface area (Å²) in [7, 11) is 0. The quantitative estimate of drug-likeness (QED) is 0.662. The molecule has 0 aromatic rings. The summed E-state index contributed by atoms with van der Waals surface area (Å²) in [5.41, 5.74) is 0. The lowest BCUT2D eigenvalue weighted by atomic mass is 10.0. The molecule has 4 nitrogen and oxygen atoms in total.